The highest BCUT2D eigenvalue weighted by Crippen LogP contribution is 2.24. The molecule has 26 heavy (non-hydrogen) atoms. The van der Waals surface area contributed by atoms with Crippen LogP contribution in [0.5, 0.6) is 11.5 Å². The second-order valence-electron chi connectivity index (χ2n) is 6.86. The van der Waals surface area contributed by atoms with Crippen LogP contribution in [0, 0.1) is 0 Å². The van der Waals surface area contributed by atoms with E-state index in [1.165, 1.54) is 5.56 Å². The Bertz CT molecular complexity index is 729. The Morgan fingerprint density at radius 2 is 1.58 bits per heavy atom. The zero-order valence-corrected chi connectivity index (χ0v) is 15.8. The van der Waals surface area contributed by atoms with Crippen molar-refractivity contribution in [2.45, 2.75) is 33.1 Å². The Hall–Kier alpha value is -2.82. The summed E-state index contributed by atoms with van der Waals surface area (Å²) in [7, 11) is 0. The van der Waals surface area contributed by atoms with Crippen molar-refractivity contribution in [3.05, 3.63) is 59.7 Å². The molecule has 0 radical (unpaired) electrons. The SMILES string of the molecule is CCOc1ccc(/C=N\NC(=O)COc2ccc(C(C)(C)C)cc2)cc1. The van der Waals surface area contributed by atoms with Crippen LogP contribution >= 0.6 is 0 Å². The fourth-order valence-corrected chi connectivity index (χ4v) is 2.23. The van der Waals surface area contributed by atoms with Crippen molar-refractivity contribution in [2.75, 3.05) is 13.2 Å². The van der Waals surface area contributed by atoms with Crippen LogP contribution in [-0.2, 0) is 10.2 Å². The van der Waals surface area contributed by atoms with Gasteiger partial charge in [0, 0.05) is 0 Å². The number of rotatable bonds is 7. The highest BCUT2D eigenvalue weighted by Gasteiger charge is 2.13. The molecule has 0 heterocycles. The molecule has 0 unspecified atom stereocenters. The second kappa shape index (κ2) is 9.04. The summed E-state index contributed by atoms with van der Waals surface area (Å²) in [6.45, 7) is 8.93. The number of nitrogens with one attached hydrogen (secondary N) is 1. The minimum Gasteiger partial charge on any atom is -0.494 e. The molecule has 0 aromatic heterocycles. The maximum absolute atomic E-state index is 11.8. The number of amides is 1. The third kappa shape index (κ3) is 6.24. The fraction of sp³-hybridized carbons (Fsp3) is 0.333. The minimum absolute atomic E-state index is 0.0878. The molecule has 0 fully saturated rings. The molecular weight excluding hydrogens is 328 g/mol. The van der Waals surface area contributed by atoms with Crippen molar-refractivity contribution in [3.8, 4) is 11.5 Å². The highest BCUT2D eigenvalue weighted by molar-refractivity contribution is 5.83. The molecule has 0 atom stereocenters. The first-order chi connectivity index (χ1) is 12.4. The van der Waals surface area contributed by atoms with Crippen molar-refractivity contribution in [3.63, 3.8) is 0 Å². The van der Waals surface area contributed by atoms with E-state index < -0.39 is 0 Å². The molecule has 0 spiro atoms. The number of carbonyl (C=O) groups excluding carboxylic acids is 1. The van der Waals surface area contributed by atoms with E-state index in [0.29, 0.717) is 12.4 Å². The standard InChI is InChI=1S/C21H26N2O3/c1-5-25-18-10-6-16(7-11-18)14-22-23-20(24)15-26-19-12-8-17(9-13-19)21(2,3)4/h6-14H,5,15H2,1-4H3,(H,23,24)/b22-14-. The van der Waals surface area contributed by atoms with Crippen LogP contribution in [0.15, 0.2) is 53.6 Å². The zero-order chi connectivity index (χ0) is 19.0. The molecule has 0 saturated carbocycles. The summed E-state index contributed by atoms with van der Waals surface area (Å²) in [6, 6.07) is 15.2. The molecule has 0 aliphatic heterocycles. The van der Waals surface area contributed by atoms with E-state index in [1.54, 1.807) is 6.21 Å². The quantitative estimate of drug-likeness (QED) is 0.606. The van der Waals surface area contributed by atoms with Gasteiger partial charge in [-0.15, -0.1) is 0 Å². The van der Waals surface area contributed by atoms with Gasteiger partial charge in [-0.25, -0.2) is 5.43 Å². The summed E-state index contributed by atoms with van der Waals surface area (Å²) in [5.74, 6) is 1.15. The van der Waals surface area contributed by atoms with Crippen molar-refractivity contribution in [1.29, 1.82) is 0 Å². The maximum Gasteiger partial charge on any atom is 0.277 e. The first-order valence-corrected chi connectivity index (χ1v) is 8.66. The lowest BCUT2D eigenvalue weighted by Gasteiger charge is -2.19. The van der Waals surface area contributed by atoms with Gasteiger partial charge in [0.2, 0.25) is 0 Å². The van der Waals surface area contributed by atoms with Crippen molar-refractivity contribution in [2.24, 2.45) is 5.10 Å². The lowest BCUT2D eigenvalue weighted by molar-refractivity contribution is -0.123. The number of nitrogens with zero attached hydrogens (tertiary/aromatic N) is 1. The minimum atomic E-state index is -0.313. The van der Waals surface area contributed by atoms with Gasteiger partial charge in [-0.05, 0) is 59.9 Å². The molecule has 1 N–H and O–H groups in total. The van der Waals surface area contributed by atoms with E-state index in [0.717, 1.165) is 11.3 Å². The summed E-state index contributed by atoms with van der Waals surface area (Å²) in [5.41, 5.74) is 4.62. The predicted octanol–water partition coefficient (Wildman–Crippen LogP) is 3.91. The Morgan fingerprint density at radius 3 is 2.15 bits per heavy atom. The van der Waals surface area contributed by atoms with E-state index in [4.69, 9.17) is 9.47 Å². The molecule has 0 aliphatic carbocycles. The van der Waals surface area contributed by atoms with Gasteiger partial charge >= 0.3 is 0 Å². The van der Waals surface area contributed by atoms with E-state index in [2.05, 4.69) is 31.3 Å². The van der Waals surface area contributed by atoms with Gasteiger partial charge in [0.15, 0.2) is 6.61 Å². The largest absolute Gasteiger partial charge is 0.494 e. The van der Waals surface area contributed by atoms with Crippen LogP contribution in [0.4, 0.5) is 0 Å². The average molecular weight is 354 g/mol. The van der Waals surface area contributed by atoms with Gasteiger partial charge in [0.05, 0.1) is 12.8 Å². The summed E-state index contributed by atoms with van der Waals surface area (Å²) >= 11 is 0. The van der Waals surface area contributed by atoms with E-state index in [1.807, 2.05) is 55.5 Å². The second-order valence-corrected chi connectivity index (χ2v) is 6.86. The lowest BCUT2D eigenvalue weighted by Crippen LogP contribution is -2.24. The van der Waals surface area contributed by atoms with Gasteiger partial charge in [-0.1, -0.05) is 32.9 Å². The van der Waals surface area contributed by atoms with Crippen molar-refractivity contribution < 1.29 is 14.3 Å². The zero-order valence-electron chi connectivity index (χ0n) is 15.8. The maximum atomic E-state index is 11.8. The summed E-state index contributed by atoms with van der Waals surface area (Å²) < 4.78 is 10.9. The molecule has 0 bridgehead atoms. The summed E-state index contributed by atoms with van der Waals surface area (Å²) in [4.78, 5) is 11.8. The Balaban J connectivity index is 1.78. The lowest BCUT2D eigenvalue weighted by atomic mass is 9.87. The van der Waals surface area contributed by atoms with Gasteiger partial charge in [0.25, 0.3) is 5.91 Å². The number of hydrogen-bond donors (Lipinski definition) is 1. The number of benzene rings is 2. The van der Waals surface area contributed by atoms with Gasteiger partial charge in [0.1, 0.15) is 11.5 Å². The van der Waals surface area contributed by atoms with Crippen LogP contribution in [0.2, 0.25) is 0 Å². The summed E-state index contributed by atoms with van der Waals surface area (Å²) in [6.07, 6.45) is 1.58. The number of ether oxygens (including phenoxy) is 2. The molecule has 5 nitrogen and oxygen atoms in total. The van der Waals surface area contributed by atoms with Crippen LogP contribution in [0.1, 0.15) is 38.8 Å². The third-order valence-electron chi connectivity index (χ3n) is 3.68. The number of hydrazone groups is 1. The fourth-order valence-electron chi connectivity index (χ4n) is 2.23. The van der Waals surface area contributed by atoms with Crippen LogP contribution in [0.25, 0.3) is 0 Å². The molecular formula is C21H26N2O3. The first-order valence-electron chi connectivity index (χ1n) is 8.66. The van der Waals surface area contributed by atoms with Gasteiger partial charge in [-0.3, -0.25) is 4.79 Å². The van der Waals surface area contributed by atoms with Crippen LogP contribution < -0.4 is 14.9 Å². The third-order valence-corrected chi connectivity index (χ3v) is 3.68. The molecule has 2 aromatic rings. The van der Waals surface area contributed by atoms with Crippen molar-refractivity contribution in [1.82, 2.24) is 5.43 Å². The van der Waals surface area contributed by atoms with Crippen LogP contribution in [-0.4, -0.2) is 25.3 Å². The van der Waals surface area contributed by atoms with E-state index in [-0.39, 0.29) is 17.9 Å². The average Bonchev–Trinajstić information content (AvgIpc) is 2.61. The highest BCUT2D eigenvalue weighted by atomic mass is 16.5. The molecule has 2 rings (SSSR count). The molecule has 0 saturated heterocycles. The normalized spacial score (nSPS) is 11.4. The van der Waals surface area contributed by atoms with Gasteiger partial charge in [-0.2, -0.15) is 5.10 Å². The number of carbonyl (C=O) groups is 1. The van der Waals surface area contributed by atoms with Crippen molar-refractivity contribution >= 4 is 12.1 Å². The van der Waals surface area contributed by atoms with E-state index >= 15 is 0 Å². The van der Waals surface area contributed by atoms with Crippen LogP contribution in [0.3, 0.4) is 0 Å². The molecule has 138 valence electrons. The Kier molecular flexibility index (Phi) is 6.78. The Morgan fingerprint density at radius 1 is 1.00 bits per heavy atom. The topological polar surface area (TPSA) is 59.9 Å². The number of hydrogen-bond acceptors (Lipinski definition) is 4. The Labute approximate surface area is 155 Å². The summed E-state index contributed by atoms with van der Waals surface area (Å²) in [5, 5.41) is 3.93. The monoisotopic (exact) mass is 354 g/mol. The first kappa shape index (κ1) is 19.5. The molecule has 5 heteroatoms. The smallest absolute Gasteiger partial charge is 0.277 e. The molecule has 0 aliphatic rings. The van der Waals surface area contributed by atoms with Gasteiger partial charge < -0.3 is 9.47 Å². The molecule has 2 aromatic carbocycles. The predicted molar refractivity (Wildman–Crippen MR) is 104 cm³/mol. The van der Waals surface area contributed by atoms with E-state index in [9.17, 15) is 4.79 Å². The molecule has 1 amide bonds.